The van der Waals surface area contributed by atoms with Crippen molar-refractivity contribution in [3.05, 3.63) is 35.2 Å². The van der Waals surface area contributed by atoms with Crippen LogP contribution >= 0.6 is 0 Å². The third-order valence-corrected chi connectivity index (χ3v) is 4.61. The van der Waals surface area contributed by atoms with Crippen molar-refractivity contribution < 1.29 is 4.52 Å². The van der Waals surface area contributed by atoms with E-state index in [9.17, 15) is 0 Å². The van der Waals surface area contributed by atoms with Gasteiger partial charge in [0.05, 0.1) is 0 Å². The Labute approximate surface area is 113 Å². The van der Waals surface area contributed by atoms with Gasteiger partial charge in [0.1, 0.15) is 0 Å². The highest BCUT2D eigenvalue weighted by molar-refractivity contribution is 5.57. The lowest BCUT2D eigenvalue weighted by molar-refractivity contribution is 0.368. The van der Waals surface area contributed by atoms with Crippen LogP contribution in [0, 0.1) is 5.41 Å². The van der Waals surface area contributed by atoms with Gasteiger partial charge >= 0.3 is 0 Å². The second-order valence-electron chi connectivity index (χ2n) is 6.54. The average Bonchev–Trinajstić information content (AvgIpc) is 2.84. The Morgan fingerprint density at radius 3 is 2.79 bits per heavy atom. The van der Waals surface area contributed by atoms with Crippen LogP contribution in [0.5, 0.6) is 0 Å². The summed E-state index contributed by atoms with van der Waals surface area (Å²) in [6.45, 7) is 4.49. The third kappa shape index (κ3) is 1.79. The minimum atomic E-state index is 0.335. The molecule has 1 unspecified atom stereocenters. The lowest BCUT2D eigenvalue weighted by atomic mass is 10.1. The molecule has 3 heteroatoms. The van der Waals surface area contributed by atoms with Crippen molar-refractivity contribution in [3.8, 4) is 11.4 Å². The molecule has 0 saturated heterocycles. The van der Waals surface area contributed by atoms with Crippen molar-refractivity contribution >= 4 is 0 Å². The first-order chi connectivity index (χ1) is 9.13. The van der Waals surface area contributed by atoms with Gasteiger partial charge in [0, 0.05) is 11.5 Å². The number of benzene rings is 1. The van der Waals surface area contributed by atoms with Crippen LogP contribution in [0.1, 0.15) is 49.6 Å². The summed E-state index contributed by atoms with van der Waals surface area (Å²) in [5.41, 5.74) is 4.36. The minimum absolute atomic E-state index is 0.335. The largest absolute Gasteiger partial charge is 0.339 e. The van der Waals surface area contributed by atoms with Crippen molar-refractivity contribution in [1.82, 2.24) is 10.1 Å². The Balaban J connectivity index is 1.66. The predicted octanol–water partition coefficient (Wildman–Crippen LogP) is 3.74. The van der Waals surface area contributed by atoms with E-state index in [1.807, 2.05) is 0 Å². The lowest BCUT2D eigenvalue weighted by Crippen LogP contribution is -1.90. The van der Waals surface area contributed by atoms with Gasteiger partial charge in [0.25, 0.3) is 0 Å². The van der Waals surface area contributed by atoms with Crippen LogP contribution < -0.4 is 0 Å². The Bertz CT molecular complexity index is 642. The Hall–Kier alpha value is -1.64. The highest BCUT2D eigenvalue weighted by Gasteiger charge is 2.50. The topological polar surface area (TPSA) is 38.9 Å². The molecule has 0 N–H and O–H groups in total. The average molecular weight is 254 g/mol. The first-order valence-electron chi connectivity index (χ1n) is 7.09. The molecular weight excluding hydrogens is 236 g/mol. The Morgan fingerprint density at radius 2 is 2.00 bits per heavy atom. The van der Waals surface area contributed by atoms with E-state index in [-0.39, 0.29) is 0 Å². The van der Waals surface area contributed by atoms with Crippen LogP contribution in [0.2, 0.25) is 0 Å². The summed E-state index contributed by atoms with van der Waals surface area (Å²) in [5, 5.41) is 4.15. The maximum atomic E-state index is 5.44. The molecule has 4 rings (SSSR count). The molecule has 0 radical (unpaired) electrons. The maximum Gasteiger partial charge on any atom is 0.230 e. The van der Waals surface area contributed by atoms with Crippen LogP contribution in [0.25, 0.3) is 11.4 Å². The SMILES string of the molecule is CC1(C)CC1c1nc(-c2ccc3c(c2)CCC3)no1. The molecule has 1 heterocycles. The second-order valence-corrected chi connectivity index (χ2v) is 6.54. The van der Waals surface area contributed by atoms with Gasteiger partial charge in [0.15, 0.2) is 0 Å². The number of aryl methyl sites for hydroxylation is 2. The van der Waals surface area contributed by atoms with Crippen LogP contribution in [0.3, 0.4) is 0 Å². The van der Waals surface area contributed by atoms with Gasteiger partial charge in [-0.25, -0.2) is 0 Å². The summed E-state index contributed by atoms with van der Waals surface area (Å²) in [4.78, 5) is 4.59. The molecule has 0 amide bonds. The Kier molecular flexibility index (Phi) is 2.17. The van der Waals surface area contributed by atoms with Gasteiger partial charge in [-0.2, -0.15) is 4.98 Å². The highest BCUT2D eigenvalue weighted by atomic mass is 16.5. The summed E-state index contributed by atoms with van der Waals surface area (Å²) in [6, 6.07) is 6.57. The van der Waals surface area contributed by atoms with Gasteiger partial charge in [-0.15, -0.1) is 0 Å². The number of nitrogens with zero attached hydrogens (tertiary/aromatic N) is 2. The smallest absolute Gasteiger partial charge is 0.230 e. The van der Waals surface area contributed by atoms with Crippen LogP contribution in [-0.4, -0.2) is 10.1 Å². The van der Waals surface area contributed by atoms with E-state index in [0.29, 0.717) is 11.3 Å². The standard InChI is InChI=1S/C16H18N2O/c1-16(2)9-13(16)15-17-14(18-19-15)12-7-6-10-4-3-5-11(10)8-12/h6-8,13H,3-5,9H2,1-2H3. The Morgan fingerprint density at radius 1 is 1.21 bits per heavy atom. The summed E-state index contributed by atoms with van der Waals surface area (Å²) in [6.07, 6.45) is 4.82. The molecule has 1 saturated carbocycles. The van der Waals surface area contributed by atoms with E-state index in [4.69, 9.17) is 4.52 Å². The van der Waals surface area contributed by atoms with Gasteiger partial charge in [-0.1, -0.05) is 31.1 Å². The normalized spacial score (nSPS) is 23.4. The van der Waals surface area contributed by atoms with E-state index in [0.717, 1.165) is 23.7 Å². The number of aromatic nitrogens is 2. The van der Waals surface area contributed by atoms with Gasteiger partial charge in [0.2, 0.25) is 11.7 Å². The van der Waals surface area contributed by atoms with Crippen molar-refractivity contribution in [1.29, 1.82) is 0 Å². The molecule has 0 bridgehead atoms. The number of rotatable bonds is 2. The van der Waals surface area contributed by atoms with Gasteiger partial charge in [-0.05, 0) is 48.3 Å². The van der Waals surface area contributed by atoms with Crippen molar-refractivity contribution in [2.45, 2.75) is 45.4 Å². The van der Waals surface area contributed by atoms with Crippen molar-refractivity contribution in [2.75, 3.05) is 0 Å². The summed E-state index contributed by atoms with van der Waals surface area (Å²) in [7, 11) is 0. The van der Waals surface area contributed by atoms with Gasteiger partial charge in [-0.3, -0.25) is 0 Å². The monoisotopic (exact) mass is 254 g/mol. The zero-order chi connectivity index (χ0) is 13.0. The van der Waals surface area contributed by atoms with E-state index in [1.165, 1.54) is 30.4 Å². The molecule has 1 aromatic heterocycles. The molecule has 2 aliphatic rings. The molecule has 3 nitrogen and oxygen atoms in total. The van der Waals surface area contributed by atoms with E-state index in [1.54, 1.807) is 0 Å². The quantitative estimate of drug-likeness (QED) is 0.819. The highest BCUT2D eigenvalue weighted by Crippen LogP contribution is 2.58. The second kappa shape index (κ2) is 3.69. The molecule has 1 atom stereocenters. The van der Waals surface area contributed by atoms with Crippen molar-refractivity contribution in [2.24, 2.45) is 5.41 Å². The fraction of sp³-hybridized carbons (Fsp3) is 0.500. The van der Waals surface area contributed by atoms with E-state index in [2.05, 4.69) is 42.2 Å². The van der Waals surface area contributed by atoms with Crippen LogP contribution in [0.4, 0.5) is 0 Å². The number of hydrogen-bond acceptors (Lipinski definition) is 3. The fourth-order valence-corrected chi connectivity index (χ4v) is 3.09. The molecule has 2 aromatic rings. The number of fused-ring (bicyclic) bond motifs is 1. The number of hydrogen-bond donors (Lipinski definition) is 0. The zero-order valence-electron chi connectivity index (χ0n) is 11.4. The maximum absolute atomic E-state index is 5.44. The molecule has 0 spiro atoms. The molecule has 0 aliphatic heterocycles. The third-order valence-electron chi connectivity index (χ3n) is 4.61. The minimum Gasteiger partial charge on any atom is -0.339 e. The molecule has 2 aliphatic carbocycles. The fourth-order valence-electron chi connectivity index (χ4n) is 3.09. The molecule has 19 heavy (non-hydrogen) atoms. The molecule has 98 valence electrons. The van der Waals surface area contributed by atoms with Crippen LogP contribution in [-0.2, 0) is 12.8 Å². The van der Waals surface area contributed by atoms with Crippen LogP contribution in [0.15, 0.2) is 22.7 Å². The molecular formula is C16H18N2O. The molecule has 1 fully saturated rings. The molecule has 1 aromatic carbocycles. The van der Waals surface area contributed by atoms with Crippen molar-refractivity contribution in [3.63, 3.8) is 0 Å². The summed E-state index contributed by atoms with van der Waals surface area (Å²) in [5.74, 6) is 2.00. The summed E-state index contributed by atoms with van der Waals surface area (Å²) < 4.78 is 5.44. The first kappa shape index (κ1) is 11.2. The zero-order valence-corrected chi connectivity index (χ0v) is 11.4. The van der Waals surface area contributed by atoms with E-state index < -0.39 is 0 Å². The summed E-state index contributed by atoms with van der Waals surface area (Å²) >= 11 is 0. The predicted molar refractivity (Wildman–Crippen MR) is 72.9 cm³/mol. The lowest BCUT2D eigenvalue weighted by Gasteiger charge is -2.00. The van der Waals surface area contributed by atoms with E-state index >= 15 is 0 Å². The first-order valence-corrected chi connectivity index (χ1v) is 7.09. The van der Waals surface area contributed by atoms with Gasteiger partial charge < -0.3 is 4.52 Å².